The van der Waals surface area contributed by atoms with Crippen LogP contribution in [0.25, 0.3) is 0 Å². The van der Waals surface area contributed by atoms with Gasteiger partial charge in [0.2, 0.25) is 0 Å². The highest BCUT2D eigenvalue weighted by atomic mass is 35.5. The SMILES string of the molecule is CC(C)(C)CC[C@H](c1ccc(C(=O)NCC(=O)O)cc1)N1C(=O)C(c2cc(Cl)cc(Cl)c2)=NC12CCC(C(C)(C)C)CC2. The van der Waals surface area contributed by atoms with Crippen LogP contribution in [0.4, 0.5) is 0 Å². The molecule has 1 saturated carbocycles. The number of hydrogen-bond donors (Lipinski definition) is 2. The topological polar surface area (TPSA) is 99.1 Å². The zero-order valence-electron chi connectivity index (χ0n) is 26.0. The van der Waals surface area contributed by atoms with E-state index < -0.39 is 24.1 Å². The minimum atomic E-state index is -1.11. The van der Waals surface area contributed by atoms with Crippen LogP contribution in [0, 0.1) is 16.7 Å². The molecule has 1 fully saturated rings. The maximum Gasteiger partial charge on any atom is 0.322 e. The number of rotatable bonds is 8. The maximum atomic E-state index is 14.5. The van der Waals surface area contributed by atoms with E-state index in [4.69, 9.17) is 33.3 Å². The third-order valence-electron chi connectivity index (χ3n) is 8.77. The summed E-state index contributed by atoms with van der Waals surface area (Å²) in [5.41, 5.74) is 1.74. The van der Waals surface area contributed by atoms with Crippen LogP contribution in [0.2, 0.25) is 10.0 Å². The van der Waals surface area contributed by atoms with Crippen LogP contribution in [0.15, 0.2) is 47.5 Å². The summed E-state index contributed by atoms with van der Waals surface area (Å²) in [7, 11) is 0. The second kappa shape index (κ2) is 12.6. The number of hydrogen-bond acceptors (Lipinski definition) is 4. The molecule has 2 aliphatic rings. The first-order valence-corrected chi connectivity index (χ1v) is 15.7. The number of carboxylic acid groups (broad SMARTS) is 1. The Bertz CT molecular complexity index is 1380. The van der Waals surface area contributed by atoms with Crippen molar-refractivity contribution in [2.24, 2.45) is 21.7 Å². The molecule has 2 aromatic rings. The number of carbonyl (C=O) groups excluding carboxylic acids is 2. The first-order valence-electron chi connectivity index (χ1n) is 15.0. The van der Waals surface area contributed by atoms with Gasteiger partial charge in [-0.2, -0.15) is 0 Å². The first kappa shape index (κ1) is 33.0. The lowest BCUT2D eigenvalue weighted by atomic mass is 9.69. The summed E-state index contributed by atoms with van der Waals surface area (Å²) < 4.78 is 0. The molecule has 1 atom stereocenters. The van der Waals surface area contributed by atoms with Gasteiger partial charge in [0.25, 0.3) is 11.8 Å². The number of nitrogens with zero attached hydrogens (tertiary/aromatic N) is 2. The van der Waals surface area contributed by atoms with Crippen molar-refractivity contribution in [1.82, 2.24) is 10.2 Å². The highest BCUT2D eigenvalue weighted by Gasteiger charge is 2.52. The summed E-state index contributed by atoms with van der Waals surface area (Å²) in [5.74, 6) is -1.19. The number of nitrogens with one attached hydrogen (secondary N) is 1. The number of carbonyl (C=O) groups is 3. The van der Waals surface area contributed by atoms with Gasteiger partial charge in [0, 0.05) is 21.2 Å². The van der Waals surface area contributed by atoms with Gasteiger partial charge in [0.15, 0.2) is 0 Å². The average molecular weight is 629 g/mol. The van der Waals surface area contributed by atoms with E-state index in [-0.39, 0.29) is 22.8 Å². The predicted octanol–water partition coefficient (Wildman–Crippen LogP) is 7.94. The Kier molecular flexibility index (Phi) is 9.68. The number of carboxylic acids is 1. The monoisotopic (exact) mass is 627 g/mol. The fraction of sp³-hybridized carbons (Fsp3) is 0.529. The summed E-state index contributed by atoms with van der Waals surface area (Å²) in [6.45, 7) is 12.9. The summed E-state index contributed by atoms with van der Waals surface area (Å²) >= 11 is 12.7. The van der Waals surface area contributed by atoms with Crippen molar-refractivity contribution in [3.05, 3.63) is 69.2 Å². The highest BCUT2D eigenvalue weighted by molar-refractivity contribution is 6.47. The molecule has 9 heteroatoms. The van der Waals surface area contributed by atoms with Crippen molar-refractivity contribution in [3.8, 4) is 0 Å². The Hall–Kier alpha value is -2.90. The fourth-order valence-corrected chi connectivity index (χ4v) is 6.88. The smallest absolute Gasteiger partial charge is 0.322 e. The third-order valence-corrected chi connectivity index (χ3v) is 9.21. The lowest BCUT2D eigenvalue weighted by molar-refractivity contribution is -0.136. The standard InChI is InChI=1S/C34H43Cl2N3O4/c1-32(2,3)14-13-27(21-7-9-22(10-8-21)30(42)37-20-28(40)41)39-31(43)29(23-17-25(35)19-26(36)18-23)38-34(39)15-11-24(12-16-34)33(4,5)6/h7-10,17-19,24,27H,11-16,20H2,1-6H3,(H,37,42)(H,40,41)/t24?,27-,34?/m1/s1. The summed E-state index contributed by atoms with van der Waals surface area (Å²) in [6.07, 6.45) is 4.98. The van der Waals surface area contributed by atoms with Gasteiger partial charge >= 0.3 is 5.97 Å². The summed E-state index contributed by atoms with van der Waals surface area (Å²) in [5, 5.41) is 12.2. The molecule has 7 nitrogen and oxygen atoms in total. The van der Waals surface area contributed by atoms with Crippen molar-refractivity contribution < 1.29 is 19.5 Å². The van der Waals surface area contributed by atoms with Crippen LogP contribution >= 0.6 is 23.2 Å². The molecule has 0 saturated heterocycles. The molecule has 2 amide bonds. The number of benzene rings is 2. The van der Waals surface area contributed by atoms with Gasteiger partial charge < -0.3 is 15.3 Å². The molecule has 0 bridgehead atoms. The van der Waals surface area contributed by atoms with Crippen molar-refractivity contribution in [3.63, 3.8) is 0 Å². The molecular formula is C34H43Cl2N3O4. The fourth-order valence-electron chi connectivity index (χ4n) is 6.35. The van der Waals surface area contributed by atoms with E-state index in [0.29, 0.717) is 39.2 Å². The third kappa shape index (κ3) is 7.79. The minimum absolute atomic E-state index is 0.0267. The van der Waals surface area contributed by atoms with Crippen molar-refractivity contribution >= 4 is 46.7 Å². The summed E-state index contributed by atoms with van der Waals surface area (Å²) in [4.78, 5) is 45.2. The molecule has 232 valence electrons. The Morgan fingerprint density at radius 3 is 2.12 bits per heavy atom. The molecule has 2 aromatic carbocycles. The van der Waals surface area contributed by atoms with Gasteiger partial charge in [-0.25, -0.2) is 0 Å². The van der Waals surface area contributed by atoms with E-state index in [2.05, 4.69) is 46.9 Å². The minimum Gasteiger partial charge on any atom is -0.480 e. The molecule has 43 heavy (non-hydrogen) atoms. The molecule has 1 aliphatic heterocycles. The number of amides is 2. The van der Waals surface area contributed by atoms with Gasteiger partial charge in [-0.1, -0.05) is 76.9 Å². The number of aliphatic carboxylic acids is 1. The van der Waals surface area contributed by atoms with E-state index in [1.807, 2.05) is 17.0 Å². The first-order chi connectivity index (χ1) is 20.0. The van der Waals surface area contributed by atoms with Crippen LogP contribution in [0.3, 0.4) is 0 Å². The quantitative estimate of drug-likeness (QED) is 0.310. The molecular weight excluding hydrogens is 585 g/mol. The Morgan fingerprint density at radius 1 is 1.02 bits per heavy atom. The van der Waals surface area contributed by atoms with Crippen LogP contribution in [0.1, 0.15) is 108 Å². The van der Waals surface area contributed by atoms with E-state index >= 15 is 0 Å². The van der Waals surface area contributed by atoms with Crippen LogP contribution in [-0.4, -0.2) is 45.7 Å². The second-order valence-electron chi connectivity index (χ2n) is 14.2. The Labute approximate surface area is 265 Å². The maximum absolute atomic E-state index is 14.5. The van der Waals surface area contributed by atoms with Crippen LogP contribution < -0.4 is 5.32 Å². The molecule has 1 spiro atoms. The molecule has 0 unspecified atom stereocenters. The van der Waals surface area contributed by atoms with E-state index in [0.717, 1.165) is 37.7 Å². The van der Waals surface area contributed by atoms with Gasteiger partial charge in [-0.3, -0.25) is 19.4 Å². The van der Waals surface area contributed by atoms with E-state index in [9.17, 15) is 14.4 Å². The molecule has 1 aliphatic carbocycles. The van der Waals surface area contributed by atoms with Gasteiger partial charge in [-0.05, 0) is 91.2 Å². The lowest BCUT2D eigenvalue weighted by Gasteiger charge is -2.47. The molecule has 0 aromatic heterocycles. The van der Waals surface area contributed by atoms with Gasteiger partial charge in [0.05, 0.1) is 6.04 Å². The molecule has 2 N–H and O–H groups in total. The Balaban J connectivity index is 1.77. The lowest BCUT2D eigenvalue weighted by Crippen LogP contribution is -2.51. The largest absolute Gasteiger partial charge is 0.480 e. The van der Waals surface area contributed by atoms with Crippen molar-refractivity contribution in [2.45, 2.75) is 91.8 Å². The van der Waals surface area contributed by atoms with Crippen molar-refractivity contribution in [2.75, 3.05) is 6.54 Å². The van der Waals surface area contributed by atoms with Crippen LogP contribution in [-0.2, 0) is 9.59 Å². The van der Waals surface area contributed by atoms with Crippen LogP contribution in [0.5, 0.6) is 0 Å². The van der Waals surface area contributed by atoms with E-state index in [1.165, 1.54) is 0 Å². The van der Waals surface area contributed by atoms with Gasteiger partial charge in [0.1, 0.15) is 17.9 Å². The molecule has 4 rings (SSSR count). The average Bonchev–Trinajstić information content (AvgIpc) is 3.17. The van der Waals surface area contributed by atoms with Gasteiger partial charge in [-0.15, -0.1) is 0 Å². The molecule has 1 heterocycles. The zero-order valence-corrected chi connectivity index (χ0v) is 27.5. The second-order valence-corrected chi connectivity index (χ2v) is 15.1. The zero-order chi connectivity index (χ0) is 31.7. The number of halogens is 2. The molecule has 0 radical (unpaired) electrons. The number of aliphatic imine (C=N–C) groups is 1. The van der Waals surface area contributed by atoms with E-state index in [1.54, 1.807) is 30.3 Å². The highest BCUT2D eigenvalue weighted by Crippen LogP contribution is 2.50. The Morgan fingerprint density at radius 2 is 1.60 bits per heavy atom. The summed E-state index contributed by atoms with van der Waals surface area (Å²) in [6, 6.07) is 12.0. The predicted molar refractivity (Wildman–Crippen MR) is 172 cm³/mol. The normalized spacial score (nSPS) is 21.6. The van der Waals surface area contributed by atoms with Crippen molar-refractivity contribution in [1.29, 1.82) is 0 Å².